The van der Waals surface area contributed by atoms with Crippen LogP contribution in [0.15, 0.2) is 0 Å². The molecule has 0 heterocycles. The van der Waals surface area contributed by atoms with Crippen molar-refractivity contribution in [3.05, 3.63) is 0 Å². The highest BCUT2D eigenvalue weighted by atomic mass is 16.4. The van der Waals surface area contributed by atoms with Crippen LogP contribution in [-0.4, -0.2) is 53.1 Å². The van der Waals surface area contributed by atoms with Crippen LogP contribution in [-0.2, 0) is 4.79 Å². The number of carboxylic acid groups (broad SMARTS) is 1. The van der Waals surface area contributed by atoms with E-state index in [9.17, 15) is 9.59 Å². The number of aliphatic carboxylic acids is 1. The second-order valence-corrected chi connectivity index (χ2v) is 4.26. The van der Waals surface area contributed by atoms with Crippen LogP contribution in [0, 0.1) is 0 Å². The molecule has 5 nitrogen and oxygen atoms in total. The molecule has 0 saturated heterocycles. The van der Waals surface area contributed by atoms with Gasteiger partial charge in [0.2, 0.25) is 0 Å². The summed E-state index contributed by atoms with van der Waals surface area (Å²) in [7, 11) is 1.54. The van der Waals surface area contributed by atoms with Crippen molar-refractivity contribution in [2.24, 2.45) is 0 Å². The lowest BCUT2D eigenvalue weighted by Gasteiger charge is -2.31. The molecule has 0 bridgehead atoms. The summed E-state index contributed by atoms with van der Waals surface area (Å²) in [5, 5.41) is 8.64. The Kier molecular flexibility index (Phi) is 4.58. The van der Waals surface area contributed by atoms with Crippen LogP contribution >= 0.6 is 0 Å². The van der Waals surface area contributed by atoms with Crippen LogP contribution in [0.5, 0.6) is 0 Å². The molecule has 0 aromatic heterocycles. The molecule has 0 aromatic carbocycles. The molecule has 5 heteroatoms. The summed E-state index contributed by atoms with van der Waals surface area (Å²) < 4.78 is 0. The zero-order chi connectivity index (χ0) is 12.1. The van der Waals surface area contributed by atoms with E-state index in [1.807, 2.05) is 6.92 Å². The molecule has 0 spiro atoms. The molecule has 1 fully saturated rings. The SMILES string of the molecule is CCN(C(=O)N(C)CC(=O)O)C1CCCC1. The summed E-state index contributed by atoms with van der Waals surface area (Å²) in [6.07, 6.45) is 4.41. The van der Waals surface area contributed by atoms with Crippen LogP contribution in [0.1, 0.15) is 32.6 Å². The van der Waals surface area contributed by atoms with Gasteiger partial charge in [-0.2, -0.15) is 0 Å². The molecule has 1 aliphatic rings. The predicted molar refractivity (Wildman–Crippen MR) is 60.3 cm³/mol. The summed E-state index contributed by atoms with van der Waals surface area (Å²) in [5.74, 6) is -0.974. The average molecular weight is 228 g/mol. The zero-order valence-electron chi connectivity index (χ0n) is 9.98. The number of carbonyl (C=O) groups is 2. The number of nitrogens with zero attached hydrogens (tertiary/aromatic N) is 2. The van der Waals surface area contributed by atoms with Gasteiger partial charge in [0.1, 0.15) is 6.54 Å². The summed E-state index contributed by atoms with van der Waals surface area (Å²) in [4.78, 5) is 25.6. The second-order valence-electron chi connectivity index (χ2n) is 4.26. The fourth-order valence-corrected chi connectivity index (χ4v) is 2.26. The van der Waals surface area contributed by atoms with Gasteiger partial charge in [-0.1, -0.05) is 12.8 Å². The molecule has 0 radical (unpaired) electrons. The van der Waals surface area contributed by atoms with E-state index in [4.69, 9.17) is 5.11 Å². The van der Waals surface area contributed by atoms with E-state index in [0.717, 1.165) is 25.7 Å². The van der Waals surface area contributed by atoms with E-state index in [-0.39, 0.29) is 12.6 Å². The summed E-state index contributed by atoms with van der Waals surface area (Å²) >= 11 is 0. The number of carbonyl (C=O) groups excluding carboxylic acids is 1. The van der Waals surface area contributed by atoms with Gasteiger partial charge < -0.3 is 14.9 Å². The predicted octanol–water partition coefficient (Wildman–Crippen LogP) is 1.39. The smallest absolute Gasteiger partial charge is 0.323 e. The Morgan fingerprint density at radius 1 is 1.31 bits per heavy atom. The first kappa shape index (κ1) is 12.8. The molecule has 1 aliphatic carbocycles. The van der Waals surface area contributed by atoms with E-state index in [1.165, 1.54) is 11.9 Å². The number of likely N-dealkylation sites (N-methyl/N-ethyl adjacent to an activating group) is 1. The minimum atomic E-state index is -0.974. The van der Waals surface area contributed by atoms with Gasteiger partial charge in [-0.3, -0.25) is 4.79 Å². The molecule has 0 atom stereocenters. The van der Waals surface area contributed by atoms with Crippen molar-refractivity contribution in [2.75, 3.05) is 20.1 Å². The van der Waals surface area contributed by atoms with Gasteiger partial charge in [0.05, 0.1) is 0 Å². The highest BCUT2D eigenvalue weighted by Gasteiger charge is 2.27. The normalized spacial score (nSPS) is 16.1. The largest absolute Gasteiger partial charge is 0.480 e. The number of hydrogen-bond donors (Lipinski definition) is 1. The Bertz CT molecular complexity index is 262. The van der Waals surface area contributed by atoms with Gasteiger partial charge in [0.15, 0.2) is 0 Å². The van der Waals surface area contributed by atoms with Gasteiger partial charge in [-0.05, 0) is 19.8 Å². The third kappa shape index (κ3) is 3.12. The number of rotatable bonds is 4. The quantitative estimate of drug-likeness (QED) is 0.791. The summed E-state index contributed by atoms with van der Waals surface area (Å²) in [5.41, 5.74) is 0. The van der Waals surface area contributed by atoms with Crippen LogP contribution in [0.2, 0.25) is 0 Å². The van der Waals surface area contributed by atoms with Crippen molar-refractivity contribution in [2.45, 2.75) is 38.6 Å². The molecule has 2 amide bonds. The molecular weight excluding hydrogens is 208 g/mol. The third-order valence-electron chi connectivity index (χ3n) is 3.05. The topological polar surface area (TPSA) is 60.9 Å². The molecular formula is C11H20N2O3. The molecule has 0 unspecified atom stereocenters. The van der Waals surface area contributed by atoms with Crippen molar-refractivity contribution in [1.29, 1.82) is 0 Å². The number of carboxylic acids is 1. The molecule has 1 N–H and O–H groups in total. The minimum Gasteiger partial charge on any atom is -0.480 e. The lowest BCUT2D eigenvalue weighted by Crippen LogP contribution is -2.47. The van der Waals surface area contributed by atoms with Gasteiger partial charge in [0, 0.05) is 19.6 Å². The van der Waals surface area contributed by atoms with E-state index in [0.29, 0.717) is 12.6 Å². The lowest BCUT2D eigenvalue weighted by molar-refractivity contribution is -0.137. The van der Waals surface area contributed by atoms with Crippen LogP contribution in [0.3, 0.4) is 0 Å². The fourth-order valence-electron chi connectivity index (χ4n) is 2.26. The van der Waals surface area contributed by atoms with Crippen molar-refractivity contribution >= 4 is 12.0 Å². The summed E-state index contributed by atoms with van der Waals surface area (Å²) in [6, 6.07) is 0.130. The highest BCUT2D eigenvalue weighted by molar-refractivity contribution is 5.80. The maximum absolute atomic E-state index is 12.0. The summed E-state index contributed by atoms with van der Waals surface area (Å²) in [6.45, 7) is 2.35. The van der Waals surface area contributed by atoms with Gasteiger partial charge in [-0.25, -0.2) is 4.79 Å². The first-order chi connectivity index (χ1) is 7.56. The van der Waals surface area contributed by atoms with Crippen molar-refractivity contribution < 1.29 is 14.7 Å². The Labute approximate surface area is 96.0 Å². The average Bonchev–Trinajstić information content (AvgIpc) is 2.71. The Morgan fingerprint density at radius 3 is 2.31 bits per heavy atom. The fraction of sp³-hybridized carbons (Fsp3) is 0.818. The van der Waals surface area contributed by atoms with E-state index >= 15 is 0 Å². The third-order valence-corrected chi connectivity index (χ3v) is 3.05. The Hall–Kier alpha value is -1.26. The molecule has 16 heavy (non-hydrogen) atoms. The first-order valence-corrected chi connectivity index (χ1v) is 5.79. The van der Waals surface area contributed by atoms with Gasteiger partial charge in [-0.15, -0.1) is 0 Å². The molecule has 0 aliphatic heterocycles. The van der Waals surface area contributed by atoms with E-state index in [2.05, 4.69) is 0 Å². The number of hydrogen-bond acceptors (Lipinski definition) is 2. The Morgan fingerprint density at radius 2 is 1.88 bits per heavy atom. The number of amides is 2. The van der Waals surface area contributed by atoms with Crippen LogP contribution in [0.25, 0.3) is 0 Å². The van der Waals surface area contributed by atoms with E-state index < -0.39 is 5.97 Å². The number of urea groups is 1. The zero-order valence-corrected chi connectivity index (χ0v) is 9.98. The standard InChI is InChI=1S/C11H20N2O3/c1-3-13(9-6-4-5-7-9)11(16)12(2)8-10(14)15/h9H,3-8H2,1-2H3,(H,14,15). The highest BCUT2D eigenvalue weighted by Crippen LogP contribution is 2.23. The molecule has 92 valence electrons. The van der Waals surface area contributed by atoms with Crippen LogP contribution in [0.4, 0.5) is 4.79 Å². The van der Waals surface area contributed by atoms with Crippen molar-refractivity contribution in [3.8, 4) is 0 Å². The van der Waals surface area contributed by atoms with Gasteiger partial charge in [0.25, 0.3) is 0 Å². The Balaban J connectivity index is 2.57. The van der Waals surface area contributed by atoms with Crippen molar-refractivity contribution in [3.63, 3.8) is 0 Å². The van der Waals surface area contributed by atoms with E-state index in [1.54, 1.807) is 4.90 Å². The monoisotopic (exact) mass is 228 g/mol. The minimum absolute atomic E-state index is 0.170. The molecule has 1 saturated carbocycles. The molecule has 0 aromatic rings. The van der Waals surface area contributed by atoms with Crippen LogP contribution < -0.4 is 0 Å². The first-order valence-electron chi connectivity index (χ1n) is 5.79. The second kappa shape index (κ2) is 5.72. The van der Waals surface area contributed by atoms with Crippen molar-refractivity contribution in [1.82, 2.24) is 9.80 Å². The lowest BCUT2D eigenvalue weighted by atomic mass is 10.2. The maximum atomic E-state index is 12.0. The molecule has 1 rings (SSSR count). The van der Waals surface area contributed by atoms with Gasteiger partial charge >= 0.3 is 12.0 Å². The maximum Gasteiger partial charge on any atom is 0.323 e.